The molecule has 0 bridgehead atoms. The molecule has 0 aliphatic carbocycles. The molecular formula is C30H40O8. The van der Waals surface area contributed by atoms with E-state index in [9.17, 15) is 35.4 Å². The van der Waals surface area contributed by atoms with Gasteiger partial charge in [0.25, 0.3) is 0 Å². The first-order valence-electron chi connectivity index (χ1n) is 13.0. The van der Waals surface area contributed by atoms with Crippen LogP contribution in [0.25, 0.3) is 0 Å². The summed E-state index contributed by atoms with van der Waals surface area (Å²) in [7, 11) is 0. The lowest BCUT2D eigenvalue weighted by Gasteiger charge is -2.29. The second-order valence-electron chi connectivity index (χ2n) is 11.6. The zero-order valence-electron chi connectivity index (χ0n) is 22.8. The maximum absolute atomic E-state index is 13.2. The molecule has 38 heavy (non-hydrogen) atoms. The highest BCUT2D eigenvalue weighted by Crippen LogP contribution is 2.47. The van der Waals surface area contributed by atoms with Crippen molar-refractivity contribution in [2.75, 3.05) is 0 Å². The predicted octanol–water partition coefficient (Wildman–Crippen LogP) is 5.35. The average molecular weight is 529 g/mol. The molecule has 8 nitrogen and oxygen atoms in total. The molecule has 1 aliphatic rings. The van der Waals surface area contributed by atoms with E-state index < -0.39 is 17.3 Å². The van der Waals surface area contributed by atoms with Crippen molar-refractivity contribution in [1.82, 2.24) is 0 Å². The molecule has 208 valence electrons. The van der Waals surface area contributed by atoms with Crippen LogP contribution in [-0.2, 0) is 12.8 Å². The van der Waals surface area contributed by atoms with E-state index in [1.807, 2.05) is 13.0 Å². The summed E-state index contributed by atoms with van der Waals surface area (Å²) in [5.74, 6) is -1.52. The van der Waals surface area contributed by atoms with E-state index in [0.29, 0.717) is 17.5 Å². The van der Waals surface area contributed by atoms with Gasteiger partial charge >= 0.3 is 0 Å². The molecule has 8 heteroatoms. The van der Waals surface area contributed by atoms with Crippen LogP contribution >= 0.6 is 0 Å². The van der Waals surface area contributed by atoms with Crippen LogP contribution in [0.4, 0.5) is 0 Å². The molecule has 0 spiro atoms. The van der Waals surface area contributed by atoms with Crippen LogP contribution < -0.4 is 4.74 Å². The van der Waals surface area contributed by atoms with Crippen LogP contribution in [0.2, 0.25) is 0 Å². The maximum Gasteiger partial charge on any atom is 0.174 e. The predicted molar refractivity (Wildman–Crippen MR) is 144 cm³/mol. The number of hydrogen-bond donors (Lipinski definition) is 6. The molecule has 0 saturated carbocycles. The average Bonchev–Trinajstić information content (AvgIpc) is 2.77. The fraction of sp³-hybridized carbons (Fsp3) is 0.500. The number of ether oxygens (including phenoxy) is 1. The summed E-state index contributed by atoms with van der Waals surface area (Å²) in [6, 6.07) is 4.24. The number of ketones is 1. The summed E-state index contributed by atoms with van der Waals surface area (Å²) in [4.78, 5) is 13.2. The van der Waals surface area contributed by atoms with E-state index in [2.05, 4.69) is 0 Å². The number of phenols is 4. The van der Waals surface area contributed by atoms with Crippen LogP contribution in [0.5, 0.6) is 28.7 Å². The molecule has 0 fully saturated rings. The quantitative estimate of drug-likeness (QED) is 0.179. The Morgan fingerprint density at radius 2 is 1.63 bits per heavy atom. The van der Waals surface area contributed by atoms with Gasteiger partial charge in [-0.25, -0.2) is 0 Å². The Hall–Kier alpha value is -3.23. The number of benzene rings is 2. The molecule has 6 N–H and O–H groups in total. The third-order valence-electron chi connectivity index (χ3n) is 6.91. The molecule has 1 atom stereocenters. The van der Waals surface area contributed by atoms with E-state index in [1.54, 1.807) is 33.8 Å². The second kappa shape index (κ2) is 11.3. The van der Waals surface area contributed by atoms with Crippen molar-refractivity contribution < 1.29 is 40.2 Å². The van der Waals surface area contributed by atoms with Gasteiger partial charge in [0.15, 0.2) is 17.3 Å². The van der Waals surface area contributed by atoms with E-state index in [4.69, 9.17) is 4.74 Å². The van der Waals surface area contributed by atoms with E-state index in [1.165, 1.54) is 12.1 Å². The van der Waals surface area contributed by atoms with Gasteiger partial charge in [-0.15, -0.1) is 0 Å². The van der Waals surface area contributed by atoms with Crippen molar-refractivity contribution in [2.24, 2.45) is 0 Å². The topological polar surface area (TPSA) is 148 Å². The molecule has 2 aromatic carbocycles. The summed E-state index contributed by atoms with van der Waals surface area (Å²) in [5, 5.41) is 62.1. The highest BCUT2D eigenvalue weighted by molar-refractivity contribution is 6.03. The molecule has 1 aliphatic heterocycles. The summed E-state index contributed by atoms with van der Waals surface area (Å²) >= 11 is 0. The Bertz CT molecular complexity index is 1210. The first-order valence-corrected chi connectivity index (χ1v) is 13.0. The molecule has 2 aromatic rings. The van der Waals surface area contributed by atoms with Gasteiger partial charge in [-0.2, -0.15) is 0 Å². The lowest BCUT2D eigenvalue weighted by atomic mass is 9.89. The number of Topliss-reactive ketones (excluding diaryl/α,β-unsaturated/α-hetero) is 1. The minimum atomic E-state index is -1.01. The number of fused-ring (bicyclic) bond motifs is 1. The van der Waals surface area contributed by atoms with Crippen LogP contribution in [0.15, 0.2) is 29.8 Å². The smallest absolute Gasteiger partial charge is 0.174 e. The molecule has 1 heterocycles. The maximum atomic E-state index is 13.2. The first kappa shape index (κ1) is 29.3. The number of phenolic OH excluding ortho intramolecular Hbond substituents is 4. The fourth-order valence-electron chi connectivity index (χ4n) is 4.68. The Morgan fingerprint density at radius 3 is 2.26 bits per heavy atom. The first-order chi connectivity index (χ1) is 17.6. The number of carbonyl (C=O) groups is 1. The van der Waals surface area contributed by atoms with Gasteiger partial charge in [0.2, 0.25) is 0 Å². The lowest BCUT2D eigenvalue weighted by molar-refractivity contribution is 0.0687. The van der Waals surface area contributed by atoms with Gasteiger partial charge in [-0.05, 0) is 79.2 Å². The van der Waals surface area contributed by atoms with Gasteiger partial charge < -0.3 is 35.4 Å². The molecule has 0 amide bonds. The summed E-state index contributed by atoms with van der Waals surface area (Å²) in [5.41, 5.74) is 0.402. The van der Waals surface area contributed by atoms with Gasteiger partial charge in [-0.3, -0.25) is 4.79 Å². The zero-order chi connectivity index (χ0) is 28.4. The SMILES string of the molecule is CC(=CCc1c(C2CC(=O)c3c(cc(O)c(CCC(C)(C)O)c3O)O2)ccc(O)c1O)CCCC(C)(C)O. The van der Waals surface area contributed by atoms with Crippen molar-refractivity contribution in [3.8, 4) is 28.7 Å². The third-order valence-corrected chi connectivity index (χ3v) is 6.91. The van der Waals surface area contributed by atoms with Crippen LogP contribution in [0, 0.1) is 0 Å². The summed E-state index contributed by atoms with van der Waals surface area (Å²) in [6.45, 7) is 8.73. The Labute approximate surface area is 223 Å². The minimum absolute atomic E-state index is 0.0168. The Kier molecular flexibility index (Phi) is 8.68. The van der Waals surface area contributed by atoms with Crippen molar-refractivity contribution in [1.29, 1.82) is 0 Å². The van der Waals surface area contributed by atoms with Gasteiger partial charge in [0.1, 0.15) is 28.9 Å². The number of aliphatic hydroxyl groups is 2. The molecule has 3 rings (SSSR count). The number of hydrogen-bond acceptors (Lipinski definition) is 8. The van der Waals surface area contributed by atoms with E-state index in [0.717, 1.165) is 18.4 Å². The standard InChI is InChI=1S/C30H40O8/c1-17(7-6-13-29(2,3)36)8-9-19-18(10-11-21(31)27(19)34)24-16-23(33)26-25(38-24)15-22(32)20(28(26)35)12-14-30(4,5)37/h8,10-11,15,24,31-32,34-37H,6-7,9,12-14,16H2,1-5H3. The highest BCUT2D eigenvalue weighted by atomic mass is 16.5. The molecule has 1 unspecified atom stereocenters. The van der Waals surface area contributed by atoms with Crippen molar-refractivity contribution in [3.63, 3.8) is 0 Å². The Balaban J connectivity index is 1.88. The van der Waals surface area contributed by atoms with Gasteiger partial charge in [0.05, 0.1) is 17.6 Å². The fourth-order valence-corrected chi connectivity index (χ4v) is 4.68. The van der Waals surface area contributed by atoms with Crippen LogP contribution in [0.1, 0.15) is 99.9 Å². The minimum Gasteiger partial charge on any atom is -0.507 e. The summed E-state index contributed by atoms with van der Waals surface area (Å²) < 4.78 is 6.06. The van der Waals surface area contributed by atoms with Crippen LogP contribution in [0.3, 0.4) is 0 Å². The molecule has 0 saturated heterocycles. The van der Waals surface area contributed by atoms with Gasteiger partial charge in [-0.1, -0.05) is 17.7 Å². The largest absolute Gasteiger partial charge is 0.507 e. The third kappa shape index (κ3) is 7.20. The lowest BCUT2D eigenvalue weighted by Crippen LogP contribution is -2.22. The monoisotopic (exact) mass is 528 g/mol. The second-order valence-corrected chi connectivity index (χ2v) is 11.6. The van der Waals surface area contributed by atoms with Crippen molar-refractivity contribution in [3.05, 3.63) is 52.1 Å². The highest BCUT2D eigenvalue weighted by Gasteiger charge is 2.34. The number of rotatable bonds is 10. The molecule has 0 aromatic heterocycles. The van der Waals surface area contributed by atoms with E-state index >= 15 is 0 Å². The van der Waals surface area contributed by atoms with E-state index in [-0.39, 0.29) is 71.3 Å². The van der Waals surface area contributed by atoms with Crippen LogP contribution in [-0.4, -0.2) is 47.6 Å². The molecular weight excluding hydrogens is 488 g/mol. The number of aromatic hydroxyl groups is 4. The van der Waals surface area contributed by atoms with Crippen molar-refractivity contribution >= 4 is 5.78 Å². The zero-order valence-corrected chi connectivity index (χ0v) is 22.8. The molecule has 0 radical (unpaired) electrons. The number of allylic oxidation sites excluding steroid dienone is 2. The summed E-state index contributed by atoms with van der Waals surface area (Å²) in [6.07, 6.45) is 3.96. The number of carbonyl (C=O) groups excluding carboxylic acids is 1. The normalized spacial score (nSPS) is 16.3. The van der Waals surface area contributed by atoms with Crippen molar-refractivity contribution in [2.45, 2.75) is 96.9 Å². The Morgan fingerprint density at radius 1 is 0.974 bits per heavy atom. The van der Waals surface area contributed by atoms with Gasteiger partial charge in [0, 0.05) is 22.8 Å².